The Balaban J connectivity index is 1.88. The van der Waals surface area contributed by atoms with Gasteiger partial charge >= 0.3 is 0 Å². The van der Waals surface area contributed by atoms with Crippen molar-refractivity contribution in [1.29, 1.82) is 0 Å². The summed E-state index contributed by atoms with van der Waals surface area (Å²) >= 11 is 1.79. The van der Waals surface area contributed by atoms with E-state index in [0.717, 1.165) is 12.5 Å². The first-order valence-corrected chi connectivity index (χ1v) is 8.03. The molecule has 1 aliphatic carbocycles. The van der Waals surface area contributed by atoms with Crippen LogP contribution in [0.5, 0.6) is 0 Å². The largest absolute Gasteiger partial charge is 0.307 e. The number of rotatable bonds is 3. The summed E-state index contributed by atoms with van der Waals surface area (Å²) < 4.78 is 0. The summed E-state index contributed by atoms with van der Waals surface area (Å²) in [6.07, 6.45) is 5.50. The molecule has 0 amide bonds. The SMILES string of the molecule is CC1CCCCC1NCc1nc(C(C)(C)C)cs1. The van der Waals surface area contributed by atoms with Crippen molar-refractivity contribution in [3.8, 4) is 0 Å². The molecular formula is C15H26N2S. The summed E-state index contributed by atoms with van der Waals surface area (Å²) in [5.74, 6) is 0.820. The number of nitrogens with one attached hydrogen (secondary N) is 1. The van der Waals surface area contributed by atoms with E-state index in [1.807, 2.05) is 0 Å². The van der Waals surface area contributed by atoms with Crippen molar-refractivity contribution in [2.24, 2.45) is 5.92 Å². The maximum atomic E-state index is 4.75. The summed E-state index contributed by atoms with van der Waals surface area (Å²) in [5.41, 5.74) is 1.40. The Bertz CT molecular complexity index is 378. The van der Waals surface area contributed by atoms with Crippen molar-refractivity contribution in [3.05, 3.63) is 16.1 Å². The molecule has 0 saturated heterocycles. The van der Waals surface area contributed by atoms with Crippen LogP contribution in [0.1, 0.15) is 64.1 Å². The lowest BCUT2D eigenvalue weighted by atomic mass is 9.86. The van der Waals surface area contributed by atoms with Gasteiger partial charge in [0.1, 0.15) is 5.01 Å². The highest BCUT2D eigenvalue weighted by atomic mass is 32.1. The third kappa shape index (κ3) is 3.55. The van der Waals surface area contributed by atoms with Crippen LogP contribution in [0.25, 0.3) is 0 Å². The first-order chi connectivity index (χ1) is 8.47. The molecular weight excluding hydrogens is 240 g/mol. The Labute approximate surface area is 115 Å². The lowest BCUT2D eigenvalue weighted by molar-refractivity contribution is 0.279. The lowest BCUT2D eigenvalue weighted by Crippen LogP contribution is -2.36. The second-order valence-corrected chi connectivity index (χ2v) is 7.57. The Morgan fingerprint density at radius 1 is 1.33 bits per heavy atom. The number of hydrogen-bond donors (Lipinski definition) is 1. The van der Waals surface area contributed by atoms with Crippen molar-refractivity contribution in [2.75, 3.05) is 0 Å². The molecule has 2 unspecified atom stereocenters. The molecule has 0 spiro atoms. The number of aromatic nitrogens is 1. The molecule has 102 valence electrons. The summed E-state index contributed by atoms with van der Waals surface area (Å²) in [4.78, 5) is 4.75. The summed E-state index contributed by atoms with van der Waals surface area (Å²) in [6.45, 7) is 9.99. The molecule has 1 aliphatic rings. The van der Waals surface area contributed by atoms with Crippen LogP contribution in [-0.4, -0.2) is 11.0 Å². The van der Waals surface area contributed by atoms with Gasteiger partial charge in [-0.2, -0.15) is 0 Å². The average Bonchev–Trinajstić information content (AvgIpc) is 2.76. The van der Waals surface area contributed by atoms with E-state index in [9.17, 15) is 0 Å². The first-order valence-electron chi connectivity index (χ1n) is 7.15. The average molecular weight is 266 g/mol. The number of thiazole rings is 1. The molecule has 1 N–H and O–H groups in total. The van der Waals surface area contributed by atoms with E-state index in [2.05, 4.69) is 38.4 Å². The van der Waals surface area contributed by atoms with Crippen molar-refractivity contribution in [2.45, 2.75) is 71.4 Å². The van der Waals surface area contributed by atoms with Crippen LogP contribution in [0, 0.1) is 5.92 Å². The van der Waals surface area contributed by atoms with Gasteiger partial charge < -0.3 is 5.32 Å². The first kappa shape index (κ1) is 14.0. The Morgan fingerprint density at radius 2 is 2.06 bits per heavy atom. The van der Waals surface area contributed by atoms with Crippen molar-refractivity contribution >= 4 is 11.3 Å². The molecule has 2 nitrogen and oxygen atoms in total. The second kappa shape index (κ2) is 5.70. The van der Waals surface area contributed by atoms with E-state index in [4.69, 9.17) is 4.98 Å². The van der Waals surface area contributed by atoms with E-state index < -0.39 is 0 Å². The van der Waals surface area contributed by atoms with E-state index in [0.29, 0.717) is 6.04 Å². The van der Waals surface area contributed by atoms with Crippen LogP contribution >= 0.6 is 11.3 Å². The topological polar surface area (TPSA) is 24.9 Å². The van der Waals surface area contributed by atoms with E-state index in [1.54, 1.807) is 11.3 Å². The third-order valence-electron chi connectivity index (χ3n) is 3.95. The number of nitrogens with zero attached hydrogens (tertiary/aromatic N) is 1. The molecule has 1 heterocycles. The van der Waals surface area contributed by atoms with Crippen molar-refractivity contribution < 1.29 is 0 Å². The summed E-state index contributed by atoms with van der Waals surface area (Å²) in [7, 11) is 0. The summed E-state index contributed by atoms with van der Waals surface area (Å²) in [6, 6.07) is 0.695. The van der Waals surface area contributed by atoms with Gasteiger partial charge in [0.2, 0.25) is 0 Å². The fourth-order valence-electron chi connectivity index (χ4n) is 2.57. The van der Waals surface area contributed by atoms with Crippen LogP contribution in [0.4, 0.5) is 0 Å². The van der Waals surface area contributed by atoms with Crippen LogP contribution in [0.15, 0.2) is 5.38 Å². The van der Waals surface area contributed by atoms with Crippen LogP contribution in [0.2, 0.25) is 0 Å². The zero-order valence-electron chi connectivity index (χ0n) is 12.1. The maximum Gasteiger partial charge on any atom is 0.107 e. The monoisotopic (exact) mass is 266 g/mol. The minimum atomic E-state index is 0.173. The highest BCUT2D eigenvalue weighted by Gasteiger charge is 2.21. The lowest BCUT2D eigenvalue weighted by Gasteiger charge is -2.29. The minimum absolute atomic E-state index is 0.173. The highest BCUT2D eigenvalue weighted by Crippen LogP contribution is 2.26. The number of hydrogen-bond acceptors (Lipinski definition) is 3. The zero-order chi connectivity index (χ0) is 13.2. The summed E-state index contributed by atoms with van der Waals surface area (Å²) in [5, 5.41) is 7.14. The maximum absolute atomic E-state index is 4.75. The minimum Gasteiger partial charge on any atom is -0.307 e. The molecule has 18 heavy (non-hydrogen) atoms. The molecule has 0 aromatic carbocycles. The van der Waals surface area contributed by atoms with Gasteiger partial charge in [-0.15, -0.1) is 11.3 Å². The molecule has 0 aliphatic heterocycles. The fourth-order valence-corrected chi connectivity index (χ4v) is 3.55. The quantitative estimate of drug-likeness (QED) is 0.890. The van der Waals surface area contributed by atoms with Gasteiger partial charge in [-0.1, -0.05) is 40.5 Å². The van der Waals surface area contributed by atoms with Crippen LogP contribution in [0.3, 0.4) is 0 Å². The second-order valence-electron chi connectivity index (χ2n) is 6.63. The molecule has 3 heteroatoms. The van der Waals surface area contributed by atoms with Gasteiger partial charge in [-0.25, -0.2) is 4.98 Å². The van der Waals surface area contributed by atoms with Gasteiger partial charge in [-0.05, 0) is 18.8 Å². The Kier molecular flexibility index (Phi) is 4.44. The van der Waals surface area contributed by atoms with Crippen LogP contribution < -0.4 is 5.32 Å². The van der Waals surface area contributed by atoms with E-state index in [1.165, 1.54) is 36.4 Å². The Morgan fingerprint density at radius 3 is 2.67 bits per heavy atom. The Hall–Kier alpha value is -0.410. The zero-order valence-corrected chi connectivity index (χ0v) is 12.9. The molecule has 2 atom stereocenters. The molecule has 1 saturated carbocycles. The molecule has 0 bridgehead atoms. The van der Waals surface area contributed by atoms with Crippen molar-refractivity contribution in [1.82, 2.24) is 10.3 Å². The van der Waals surface area contributed by atoms with Gasteiger partial charge in [0.15, 0.2) is 0 Å². The van der Waals surface area contributed by atoms with E-state index in [-0.39, 0.29) is 5.41 Å². The van der Waals surface area contributed by atoms with Gasteiger partial charge in [-0.3, -0.25) is 0 Å². The molecule has 0 radical (unpaired) electrons. The van der Waals surface area contributed by atoms with E-state index >= 15 is 0 Å². The fraction of sp³-hybridized carbons (Fsp3) is 0.800. The van der Waals surface area contributed by atoms with Crippen LogP contribution in [-0.2, 0) is 12.0 Å². The predicted molar refractivity (Wildman–Crippen MR) is 79.1 cm³/mol. The standard InChI is InChI=1S/C15H26N2S/c1-11-7-5-6-8-12(11)16-9-14-17-13(10-18-14)15(2,3)4/h10-12,16H,5-9H2,1-4H3. The molecule has 1 fully saturated rings. The smallest absolute Gasteiger partial charge is 0.107 e. The van der Waals surface area contributed by atoms with Gasteiger partial charge in [0.05, 0.1) is 5.69 Å². The predicted octanol–water partition coefficient (Wildman–Crippen LogP) is 4.11. The van der Waals surface area contributed by atoms with Gasteiger partial charge in [0.25, 0.3) is 0 Å². The highest BCUT2D eigenvalue weighted by molar-refractivity contribution is 7.09. The van der Waals surface area contributed by atoms with Gasteiger partial charge in [0, 0.05) is 23.4 Å². The van der Waals surface area contributed by atoms with Crippen molar-refractivity contribution in [3.63, 3.8) is 0 Å². The third-order valence-corrected chi connectivity index (χ3v) is 4.80. The molecule has 2 rings (SSSR count). The molecule has 1 aromatic rings. The molecule has 1 aromatic heterocycles. The normalized spacial score (nSPS) is 25.3.